The van der Waals surface area contributed by atoms with Gasteiger partial charge >= 0.3 is 0 Å². The number of benzene rings is 3. The highest BCUT2D eigenvalue weighted by molar-refractivity contribution is 7.20. The van der Waals surface area contributed by atoms with Crippen LogP contribution in [0.5, 0.6) is 0 Å². The highest BCUT2D eigenvalue weighted by atomic mass is 32.1. The molecular formula is C24H12N4OS. The van der Waals surface area contributed by atoms with E-state index in [1.807, 2.05) is 36.4 Å². The lowest BCUT2D eigenvalue weighted by atomic mass is 9.99. The van der Waals surface area contributed by atoms with Gasteiger partial charge in [0.2, 0.25) is 0 Å². The number of nitrogens with zero attached hydrogens (tertiary/aromatic N) is 4. The lowest BCUT2D eigenvalue weighted by Crippen LogP contribution is -2.11. The largest absolute Gasteiger partial charge is 0.319 e. The fraction of sp³-hybridized carbons (Fsp3) is 0.0417. The number of para-hydroxylation sites is 4. The molecule has 3 aromatic carbocycles. The summed E-state index contributed by atoms with van der Waals surface area (Å²) < 4.78 is 4.85. The Bertz CT molecular complexity index is 1910. The highest BCUT2D eigenvalue weighted by Crippen LogP contribution is 2.45. The fourth-order valence-electron chi connectivity index (χ4n) is 5.09. The summed E-state index contributed by atoms with van der Waals surface area (Å²) in [5.74, 6) is 0.978. The topological polar surface area (TPSA) is 52.2 Å². The first-order chi connectivity index (χ1) is 14.8. The molecular weight excluding hydrogens is 392 g/mol. The molecule has 0 fully saturated rings. The molecule has 0 saturated heterocycles. The van der Waals surface area contributed by atoms with Gasteiger partial charge in [0.1, 0.15) is 16.2 Å². The summed E-state index contributed by atoms with van der Waals surface area (Å²) in [5.41, 5.74) is 5.71. The van der Waals surface area contributed by atoms with Gasteiger partial charge in [-0.2, -0.15) is 0 Å². The molecule has 0 atom stereocenters. The van der Waals surface area contributed by atoms with Crippen LogP contribution >= 0.6 is 11.3 Å². The summed E-state index contributed by atoms with van der Waals surface area (Å²) in [6.07, 6.45) is 0. The number of fused-ring (bicyclic) bond motifs is 8. The second-order valence-electron chi connectivity index (χ2n) is 7.84. The average molecular weight is 404 g/mol. The molecule has 0 bridgehead atoms. The third-order valence-corrected chi connectivity index (χ3v) is 7.50. The van der Waals surface area contributed by atoms with E-state index in [4.69, 9.17) is 9.97 Å². The van der Waals surface area contributed by atoms with E-state index in [1.165, 1.54) is 10.3 Å². The molecule has 6 heteroatoms. The smallest absolute Gasteiger partial charge is 0.274 e. The van der Waals surface area contributed by atoms with Crippen LogP contribution in [0.2, 0.25) is 0 Å². The number of pyridine rings is 1. The van der Waals surface area contributed by atoms with Crippen LogP contribution in [-0.4, -0.2) is 18.9 Å². The van der Waals surface area contributed by atoms with Crippen LogP contribution in [-0.2, 0) is 6.54 Å². The van der Waals surface area contributed by atoms with E-state index in [-0.39, 0.29) is 5.56 Å². The Kier molecular flexibility index (Phi) is 2.45. The SMILES string of the molecule is O=c1c2sc3c4c(ccc(c42)c2nc4ccccc4n12)-c1nc2ccccc2n1C3. The van der Waals surface area contributed by atoms with Crippen molar-refractivity contribution in [3.05, 3.63) is 75.9 Å². The number of imidazole rings is 2. The van der Waals surface area contributed by atoms with Crippen LogP contribution in [0.4, 0.5) is 0 Å². The van der Waals surface area contributed by atoms with Gasteiger partial charge in [0, 0.05) is 26.6 Å². The quantitative estimate of drug-likeness (QED) is 0.356. The molecule has 0 unspecified atom stereocenters. The van der Waals surface area contributed by atoms with E-state index < -0.39 is 0 Å². The zero-order chi connectivity index (χ0) is 19.6. The maximum Gasteiger partial charge on any atom is 0.274 e. The number of hydrogen-bond acceptors (Lipinski definition) is 4. The number of aromatic nitrogens is 4. The zero-order valence-electron chi connectivity index (χ0n) is 15.6. The molecule has 8 rings (SSSR count). The molecule has 0 amide bonds. The van der Waals surface area contributed by atoms with Crippen LogP contribution in [0.25, 0.3) is 60.0 Å². The van der Waals surface area contributed by atoms with Gasteiger partial charge in [0.05, 0.1) is 28.6 Å². The molecule has 0 radical (unpaired) electrons. The van der Waals surface area contributed by atoms with Crippen LogP contribution < -0.4 is 5.56 Å². The average Bonchev–Trinajstić information content (AvgIpc) is 3.46. The summed E-state index contributed by atoms with van der Waals surface area (Å²) in [4.78, 5) is 24.5. The molecule has 30 heavy (non-hydrogen) atoms. The second kappa shape index (κ2) is 4.86. The maximum absolute atomic E-state index is 13.6. The summed E-state index contributed by atoms with van der Waals surface area (Å²) in [5, 5.41) is 3.24. The Morgan fingerprint density at radius 2 is 1.60 bits per heavy atom. The molecule has 0 saturated carbocycles. The third-order valence-electron chi connectivity index (χ3n) is 6.33. The van der Waals surface area contributed by atoms with Crippen LogP contribution in [0.3, 0.4) is 0 Å². The molecule has 1 aliphatic rings. The molecule has 5 nitrogen and oxygen atoms in total. The molecule has 140 valence electrons. The summed E-state index contributed by atoms with van der Waals surface area (Å²) in [6, 6.07) is 20.3. The summed E-state index contributed by atoms with van der Waals surface area (Å²) in [7, 11) is 0. The van der Waals surface area contributed by atoms with E-state index in [9.17, 15) is 4.79 Å². The molecule has 1 aliphatic heterocycles. The van der Waals surface area contributed by atoms with Gasteiger partial charge < -0.3 is 4.57 Å². The lowest BCUT2D eigenvalue weighted by Gasteiger charge is -2.16. The summed E-state index contributed by atoms with van der Waals surface area (Å²) >= 11 is 1.62. The first-order valence-corrected chi connectivity index (χ1v) is 10.7. The first-order valence-electron chi connectivity index (χ1n) is 9.86. The predicted molar refractivity (Wildman–Crippen MR) is 121 cm³/mol. The van der Waals surface area contributed by atoms with Crippen molar-refractivity contribution in [3.8, 4) is 11.4 Å². The predicted octanol–water partition coefficient (Wildman–Crippen LogP) is 5.03. The van der Waals surface area contributed by atoms with Gasteiger partial charge in [-0.05, 0) is 36.4 Å². The minimum atomic E-state index is 0.0222. The Morgan fingerprint density at radius 3 is 2.47 bits per heavy atom. The highest BCUT2D eigenvalue weighted by Gasteiger charge is 2.28. The van der Waals surface area contributed by atoms with Crippen LogP contribution in [0.1, 0.15) is 4.88 Å². The van der Waals surface area contributed by atoms with Crippen molar-refractivity contribution in [1.82, 2.24) is 18.9 Å². The van der Waals surface area contributed by atoms with Crippen molar-refractivity contribution in [1.29, 1.82) is 0 Å². The van der Waals surface area contributed by atoms with Crippen molar-refractivity contribution < 1.29 is 0 Å². The van der Waals surface area contributed by atoms with Gasteiger partial charge in [-0.3, -0.25) is 9.20 Å². The molecule has 4 aromatic heterocycles. The second-order valence-corrected chi connectivity index (χ2v) is 8.95. The first kappa shape index (κ1) is 15.1. The number of hydrogen-bond donors (Lipinski definition) is 0. The minimum absolute atomic E-state index is 0.0222. The van der Waals surface area contributed by atoms with Gasteiger partial charge in [0.15, 0.2) is 0 Å². The van der Waals surface area contributed by atoms with Crippen molar-refractivity contribution in [2.75, 3.05) is 0 Å². The summed E-state index contributed by atoms with van der Waals surface area (Å²) in [6.45, 7) is 0.740. The van der Waals surface area contributed by atoms with Crippen molar-refractivity contribution in [3.63, 3.8) is 0 Å². The normalized spacial score (nSPS) is 13.3. The number of rotatable bonds is 0. The fourth-order valence-corrected chi connectivity index (χ4v) is 6.33. The standard InChI is InChI=1S/C24H12N4OS/c29-24-21-20-13(23-26-15-6-2-4-8-17(15)28(23)24)10-9-12-19(20)18(30-21)11-27-16-7-3-1-5-14(16)25-22(12)27/h1-10H,11H2. The van der Waals surface area contributed by atoms with Gasteiger partial charge in [-0.1, -0.05) is 24.3 Å². The molecule has 5 heterocycles. The molecule has 0 N–H and O–H groups in total. The molecule has 0 aliphatic carbocycles. The Labute approximate surface area is 172 Å². The van der Waals surface area contributed by atoms with Gasteiger partial charge in [-0.15, -0.1) is 11.3 Å². The monoisotopic (exact) mass is 404 g/mol. The third kappa shape index (κ3) is 1.57. The molecule has 7 aromatic rings. The molecule has 0 spiro atoms. The van der Waals surface area contributed by atoms with E-state index in [1.54, 1.807) is 15.7 Å². The minimum Gasteiger partial charge on any atom is -0.319 e. The van der Waals surface area contributed by atoms with E-state index >= 15 is 0 Å². The van der Waals surface area contributed by atoms with E-state index in [2.05, 4.69) is 28.8 Å². The van der Waals surface area contributed by atoms with Gasteiger partial charge in [0.25, 0.3) is 5.56 Å². The van der Waals surface area contributed by atoms with Crippen LogP contribution in [0, 0.1) is 0 Å². The van der Waals surface area contributed by atoms with Crippen LogP contribution in [0.15, 0.2) is 65.5 Å². The maximum atomic E-state index is 13.6. The van der Waals surface area contributed by atoms with Crippen molar-refractivity contribution >= 4 is 59.9 Å². The lowest BCUT2D eigenvalue weighted by molar-refractivity contribution is 0.844. The number of thiophene rings is 1. The zero-order valence-corrected chi connectivity index (χ0v) is 16.4. The Morgan fingerprint density at radius 1 is 0.833 bits per heavy atom. The van der Waals surface area contributed by atoms with E-state index in [0.29, 0.717) is 0 Å². The van der Waals surface area contributed by atoms with E-state index in [0.717, 1.165) is 61.1 Å². The Balaban J connectivity index is 1.61. The van der Waals surface area contributed by atoms with Crippen molar-refractivity contribution in [2.45, 2.75) is 6.54 Å². The van der Waals surface area contributed by atoms with Crippen molar-refractivity contribution in [2.24, 2.45) is 0 Å². The Hall–Kier alpha value is -3.77. The van der Waals surface area contributed by atoms with Gasteiger partial charge in [-0.25, -0.2) is 9.97 Å².